The van der Waals surface area contributed by atoms with Crippen LogP contribution in [0, 0.1) is 0 Å². The third-order valence-corrected chi connectivity index (χ3v) is 5.49. The van der Waals surface area contributed by atoms with Gasteiger partial charge in [-0.1, -0.05) is 45.0 Å². The van der Waals surface area contributed by atoms with Crippen LogP contribution in [0.25, 0.3) is 0 Å². The molecule has 32 heavy (non-hydrogen) atoms. The Labute approximate surface area is 189 Å². The van der Waals surface area contributed by atoms with Gasteiger partial charge in [-0.25, -0.2) is 0 Å². The average Bonchev–Trinajstić information content (AvgIpc) is 2.96. The van der Waals surface area contributed by atoms with Gasteiger partial charge >= 0.3 is 0 Å². The number of hydrogen-bond donors (Lipinski definition) is 1. The van der Waals surface area contributed by atoms with Gasteiger partial charge in [0.2, 0.25) is 5.91 Å². The molecule has 170 valence electrons. The van der Waals surface area contributed by atoms with Crippen LogP contribution in [0.1, 0.15) is 45.7 Å². The predicted octanol–water partition coefficient (Wildman–Crippen LogP) is 4.01. The van der Waals surface area contributed by atoms with E-state index in [1.165, 1.54) is 17.6 Å². The molecule has 3 rings (SSSR count). The summed E-state index contributed by atoms with van der Waals surface area (Å²) in [6.07, 6.45) is 0. The molecule has 0 bridgehead atoms. The molecule has 0 radical (unpaired) electrons. The zero-order chi connectivity index (χ0) is 23.7. The van der Waals surface area contributed by atoms with E-state index in [9.17, 15) is 9.59 Å². The highest BCUT2D eigenvalue weighted by molar-refractivity contribution is 6.47. The van der Waals surface area contributed by atoms with Gasteiger partial charge < -0.3 is 19.7 Å². The normalized spacial score (nSPS) is 15.4. The van der Waals surface area contributed by atoms with Crippen LogP contribution in [0.15, 0.2) is 47.5 Å². The fourth-order valence-electron chi connectivity index (χ4n) is 3.60. The number of rotatable bonds is 6. The summed E-state index contributed by atoms with van der Waals surface area (Å²) >= 11 is 0. The third-order valence-electron chi connectivity index (χ3n) is 5.49. The molecule has 0 atom stereocenters. The molecule has 1 N–H and O–H groups in total. The second-order valence-corrected chi connectivity index (χ2v) is 9.29. The van der Waals surface area contributed by atoms with Gasteiger partial charge in [0.1, 0.15) is 17.9 Å². The Morgan fingerprint density at radius 3 is 2.22 bits per heavy atom. The van der Waals surface area contributed by atoms with Crippen molar-refractivity contribution in [2.45, 2.75) is 45.7 Å². The Balaban J connectivity index is 1.74. The van der Waals surface area contributed by atoms with Crippen molar-refractivity contribution in [1.82, 2.24) is 4.90 Å². The van der Waals surface area contributed by atoms with Crippen LogP contribution in [0.2, 0.25) is 0 Å². The lowest BCUT2D eigenvalue weighted by Crippen LogP contribution is -2.46. The van der Waals surface area contributed by atoms with E-state index < -0.39 is 5.66 Å². The number of aliphatic imine (C=N–C) groups is 1. The van der Waals surface area contributed by atoms with E-state index in [1.807, 2.05) is 38.1 Å². The summed E-state index contributed by atoms with van der Waals surface area (Å²) in [5.74, 6) is 0.489. The number of ether oxygens (including phenoxy) is 2. The molecule has 0 unspecified atom stereocenters. The summed E-state index contributed by atoms with van der Waals surface area (Å²) < 4.78 is 10.5. The number of anilines is 1. The third kappa shape index (κ3) is 4.77. The molecule has 2 aromatic rings. The molecule has 1 heterocycles. The van der Waals surface area contributed by atoms with Crippen molar-refractivity contribution in [3.63, 3.8) is 0 Å². The van der Waals surface area contributed by atoms with E-state index in [2.05, 4.69) is 31.1 Å². The summed E-state index contributed by atoms with van der Waals surface area (Å²) in [6, 6.07) is 13.0. The number of methoxy groups -OCH3 is 2. The molecule has 0 fully saturated rings. The van der Waals surface area contributed by atoms with Crippen molar-refractivity contribution < 1.29 is 19.1 Å². The Hall–Kier alpha value is -3.35. The van der Waals surface area contributed by atoms with Gasteiger partial charge in [0.05, 0.1) is 14.2 Å². The first-order valence-corrected chi connectivity index (χ1v) is 10.5. The fourth-order valence-corrected chi connectivity index (χ4v) is 3.60. The van der Waals surface area contributed by atoms with E-state index in [-0.39, 0.29) is 23.8 Å². The molecular weight excluding hydrogens is 406 g/mol. The molecule has 2 amide bonds. The topological polar surface area (TPSA) is 80.2 Å². The quantitative estimate of drug-likeness (QED) is 0.741. The van der Waals surface area contributed by atoms with E-state index in [1.54, 1.807) is 25.3 Å². The Morgan fingerprint density at radius 1 is 1.03 bits per heavy atom. The maximum Gasteiger partial charge on any atom is 0.275 e. The summed E-state index contributed by atoms with van der Waals surface area (Å²) in [5, 5.41) is 2.81. The van der Waals surface area contributed by atoms with E-state index >= 15 is 0 Å². The van der Waals surface area contributed by atoms with E-state index in [0.717, 1.165) is 5.56 Å². The van der Waals surface area contributed by atoms with Crippen molar-refractivity contribution in [3.8, 4) is 11.5 Å². The first-order chi connectivity index (χ1) is 15.0. The molecule has 0 aliphatic carbocycles. The van der Waals surface area contributed by atoms with Gasteiger partial charge in [0.25, 0.3) is 5.91 Å². The van der Waals surface area contributed by atoms with Crippen LogP contribution >= 0.6 is 0 Å². The highest BCUT2D eigenvalue weighted by Crippen LogP contribution is 2.31. The molecule has 0 saturated heterocycles. The van der Waals surface area contributed by atoms with Crippen LogP contribution < -0.4 is 14.8 Å². The van der Waals surface area contributed by atoms with Gasteiger partial charge in [0.15, 0.2) is 11.5 Å². The second-order valence-electron chi connectivity index (χ2n) is 9.29. The monoisotopic (exact) mass is 437 g/mol. The maximum absolute atomic E-state index is 13.2. The largest absolute Gasteiger partial charge is 0.493 e. The summed E-state index contributed by atoms with van der Waals surface area (Å²) in [7, 11) is 3.08. The van der Waals surface area contributed by atoms with Crippen molar-refractivity contribution in [1.29, 1.82) is 0 Å². The van der Waals surface area contributed by atoms with Gasteiger partial charge in [-0.15, -0.1) is 0 Å². The Morgan fingerprint density at radius 2 is 1.66 bits per heavy atom. The van der Waals surface area contributed by atoms with Crippen LogP contribution in [0.4, 0.5) is 5.69 Å². The molecule has 2 aromatic carbocycles. The molecule has 1 aliphatic heterocycles. The molecule has 1 aliphatic rings. The van der Waals surface area contributed by atoms with Crippen molar-refractivity contribution in [2.24, 2.45) is 4.99 Å². The van der Waals surface area contributed by atoms with Gasteiger partial charge in [-0.05, 0) is 37.0 Å². The van der Waals surface area contributed by atoms with Crippen LogP contribution in [-0.2, 0) is 15.0 Å². The zero-order valence-corrected chi connectivity index (χ0v) is 19.8. The number of hydrogen-bond acceptors (Lipinski definition) is 5. The molecule has 0 saturated carbocycles. The molecule has 7 nitrogen and oxygen atoms in total. The van der Waals surface area contributed by atoms with E-state index in [4.69, 9.17) is 9.47 Å². The van der Waals surface area contributed by atoms with Gasteiger partial charge in [-0.2, -0.15) is 0 Å². The van der Waals surface area contributed by atoms with Crippen LogP contribution in [-0.4, -0.2) is 48.9 Å². The Bertz CT molecular complexity index is 1050. The second kappa shape index (κ2) is 8.65. The first kappa shape index (κ1) is 23.3. The molecular formula is C25H31N3O4. The van der Waals surface area contributed by atoms with E-state index in [0.29, 0.717) is 22.9 Å². The van der Waals surface area contributed by atoms with Crippen LogP contribution in [0.3, 0.4) is 0 Å². The molecule has 0 aromatic heterocycles. The van der Waals surface area contributed by atoms with Gasteiger partial charge in [-0.3, -0.25) is 14.6 Å². The SMILES string of the molecule is COc1ccc(NC(=O)CN2C(=O)C(c3ccc(C(C)(C)C)cc3)=NC2(C)C)cc1OC. The number of carbonyl (C=O) groups excluding carboxylic acids is 2. The lowest BCUT2D eigenvalue weighted by atomic mass is 9.86. The number of nitrogens with one attached hydrogen (secondary N) is 1. The van der Waals surface area contributed by atoms with Gasteiger partial charge in [0, 0.05) is 17.3 Å². The fraction of sp³-hybridized carbons (Fsp3) is 0.400. The number of nitrogens with zero attached hydrogens (tertiary/aromatic N) is 2. The first-order valence-electron chi connectivity index (χ1n) is 10.5. The number of carbonyl (C=O) groups is 2. The molecule has 7 heteroatoms. The summed E-state index contributed by atoms with van der Waals surface area (Å²) in [4.78, 5) is 32.0. The highest BCUT2D eigenvalue weighted by atomic mass is 16.5. The van der Waals surface area contributed by atoms with Crippen molar-refractivity contribution in [2.75, 3.05) is 26.1 Å². The highest BCUT2D eigenvalue weighted by Gasteiger charge is 2.41. The predicted molar refractivity (Wildman–Crippen MR) is 126 cm³/mol. The lowest BCUT2D eigenvalue weighted by Gasteiger charge is -2.28. The minimum atomic E-state index is -0.829. The number of amides is 2. The minimum absolute atomic E-state index is 0.0214. The maximum atomic E-state index is 13.2. The number of benzene rings is 2. The average molecular weight is 438 g/mol. The van der Waals surface area contributed by atoms with Crippen LogP contribution in [0.5, 0.6) is 11.5 Å². The summed E-state index contributed by atoms with van der Waals surface area (Å²) in [6.45, 7) is 9.95. The lowest BCUT2D eigenvalue weighted by molar-refractivity contribution is -0.131. The minimum Gasteiger partial charge on any atom is -0.493 e. The van der Waals surface area contributed by atoms with Crippen molar-refractivity contribution in [3.05, 3.63) is 53.6 Å². The van der Waals surface area contributed by atoms with Crippen molar-refractivity contribution >= 4 is 23.2 Å². The molecule has 0 spiro atoms. The Kier molecular flexibility index (Phi) is 6.30. The standard InChI is InChI=1S/C25H31N3O4/c1-24(2,3)17-10-8-16(9-11-17)22-23(30)28(25(4,5)27-22)15-21(29)26-18-12-13-19(31-6)20(14-18)32-7/h8-14H,15H2,1-7H3,(H,26,29). The summed E-state index contributed by atoms with van der Waals surface area (Å²) in [5.41, 5.74) is 2.04. The zero-order valence-electron chi connectivity index (χ0n) is 19.8. The smallest absolute Gasteiger partial charge is 0.275 e.